The predicted molar refractivity (Wildman–Crippen MR) is 86.5 cm³/mol. The Morgan fingerprint density at radius 3 is 2.62 bits per heavy atom. The highest BCUT2D eigenvalue weighted by Gasteiger charge is 2.41. The van der Waals surface area contributed by atoms with Crippen molar-refractivity contribution >= 4 is 15.8 Å². The van der Waals surface area contributed by atoms with Crippen molar-refractivity contribution in [1.82, 2.24) is 15.1 Å². The van der Waals surface area contributed by atoms with Gasteiger partial charge in [0.25, 0.3) is 0 Å². The van der Waals surface area contributed by atoms with Gasteiger partial charge in [0.2, 0.25) is 0 Å². The number of sulfone groups is 1. The standard InChI is InChI=1S/C14H28N4O2S/c1-14(2)11-18(8-9-21(14,19)20)13(15-3)16-10-12-6-5-7-17(12)4/h12H,5-11H2,1-4H3,(H,15,16). The van der Waals surface area contributed by atoms with Gasteiger partial charge in [-0.15, -0.1) is 0 Å². The Labute approximate surface area is 128 Å². The van der Waals surface area contributed by atoms with E-state index in [1.807, 2.05) is 0 Å². The molecular weight excluding hydrogens is 288 g/mol. The van der Waals surface area contributed by atoms with Crippen LogP contribution in [0.3, 0.4) is 0 Å². The smallest absolute Gasteiger partial charge is 0.193 e. The Bertz CT molecular complexity index is 501. The Balaban J connectivity index is 1.96. The van der Waals surface area contributed by atoms with E-state index < -0.39 is 14.6 Å². The highest BCUT2D eigenvalue weighted by molar-refractivity contribution is 7.92. The van der Waals surface area contributed by atoms with Gasteiger partial charge in [-0.2, -0.15) is 0 Å². The molecule has 1 N–H and O–H groups in total. The molecule has 0 aromatic carbocycles. The lowest BCUT2D eigenvalue weighted by Gasteiger charge is -2.39. The zero-order valence-corrected chi connectivity index (χ0v) is 14.4. The minimum absolute atomic E-state index is 0.198. The molecule has 0 aromatic heterocycles. The van der Waals surface area contributed by atoms with Gasteiger partial charge in [0, 0.05) is 32.7 Å². The zero-order valence-electron chi connectivity index (χ0n) is 13.6. The summed E-state index contributed by atoms with van der Waals surface area (Å²) >= 11 is 0. The van der Waals surface area contributed by atoms with Crippen molar-refractivity contribution < 1.29 is 8.42 Å². The summed E-state index contributed by atoms with van der Waals surface area (Å²) in [5.41, 5.74) is 0. The summed E-state index contributed by atoms with van der Waals surface area (Å²) in [6.07, 6.45) is 2.46. The van der Waals surface area contributed by atoms with Crippen LogP contribution in [0.15, 0.2) is 4.99 Å². The second-order valence-corrected chi connectivity index (χ2v) is 9.45. The normalized spacial score (nSPS) is 29.6. The topological polar surface area (TPSA) is 65.0 Å². The number of hydrogen-bond acceptors (Lipinski definition) is 4. The van der Waals surface area contributed by atoms with Gasteiger partial charge in [-0.05, 0) is 40.3 Å². The van der Waals surface area contributed by atoms with Crippen molar-refractivity contribution in [3.05, 3.63) is 0 Å². The monoisotopic (exact) mass is 316 g/mol. The van der Waals surface area contributed by atoms with Crippen LogP contribution in [-0.4, -0.2) is 81.0 Å². The molecule has 1 atom stereocenters. The predicted octanol–water partition coefficient (Wildman–Crippen LogP) is 0.165. The fourth-order valence-electron chi connectivity index (χ4n) is 3.10. The third kappa shape index (κ3) is 3.51. The molecule has 0 aromatic rings. The molecule has 6 nitrogen and oxygen atoms in total. The molecule has 2 saturated heterocycles. The van der Waals surface area contributed by atoms with E-state index in [4.69, 9.17) is 0 Å². The van der Waals surface area contributed by atoms with Crippen LogP contribution in [0.1, 0.15) is 26.7 Å². The van der Waals surface area contributed by atoms with Crippen molar-refractivity contribution in [3.63, 3.8) is 0 Å². The fraction of sp³-hybridized carbons (Fsp3) is 0.929. The van der Waals surface area contributed by atoms with Crippen LogP contribution >= 0.6 is 0 Å². The number of hydrogen-bond donors (Lipinski definition) is 1. The summed E-state index contributed by atoms with van der Waals surface area (Å²) in [4.78, 5) is 8.76. The largest absolute Gasteiger partial charge is 0.355 e. The van der Waals surface area contributed by atoms with Crippen LogP contribution in [0.4, 0.5) is 0 Å². The molecule has 0 aliphatic carbocycles. The number of aliphatic imine (C=N–C) groups is 1. The Morgan fingerprint density at radius 1 is 1.38 bits per heavy atom. The van der Waals surface area contributed by atoms with E-state index in [9.17, 15) is 8.42 Å². The van der Waals surface area contributed by atoms with Gasteiger partial charge in [0.1, 0.15) is 0 Å². The molecule has 122 valence electrons. The molecule has 2 aliphatic rings. The Kier molecular flexibility index (Phi) is 4.82. The quantitative estimate of drug-likeness (QED) is 0.581. The third-order valence-corrected chi connectivity index (χ3v) is 7.26. The van der Waals surface area contributed by atoms with Gasteiger partial charge < -0.3 is 15.1 Å². The molecule has 1 unspecified atom stereocenters. The van der Waals surface area contributed by atoms with Crippen LogP contribution in [0.5, 0.6) is 0 Å². The van der Waals surface area contributed by atoms with Crippen molar-refractivity contribution in [2.24, 2.45) is 4.99 Å². The van der Waals surface area contributed by atoms with Crippen molar-refractivity contribution in [3.8, 4) is 0 Å². The van der Waals surface area contributed by atoms with Gasteiger partial charge >= 0.3 is 0 Å². The van der Waals surface area contributed by atoms with Crippen LogP contribution in [-0.2, 0) is 9.84 Å². The number of nitrogens with zero attached hydrogens (tertiary/aromatic N) is 3. The van der Waals surface area contributed by atoms with Gasteiger partial charge in [-0.1, -0.05) is 0 Å². The van der Waals surface area contributed by atoms with E-state index in [-0.39, 0.29) is 5.75 Å². The highest BCUT2D eigenvalue weighted by atomic mass is 32.2. The first kappa shape index (κ1) is 16.5. The number of likely N-dealkylation sites (tertiary alicyclic amines) is 1. The maximum atomic E-state index is 12.1. The molecule has 2 rings (SSSR count). The second-order valence-electron chi connectivity index (χ2n) is 6.70. The molecule has 0 bridgehead atoms. The third-order valence-electron chi connectivity index (χ3n) is 4.72. The second kappa shape index (κ2) is 6.12. The van der Waals surface area contributed by atoms with Crippen molar-refractivity contribution in [2.45, 2.75) is 37.5 Å². The molecule has 2 aliphatic heterocycles. The van der Waals surface area contributed by atoms with E-state index in [1.54, 1.807) is 20.9 Å². The summed E-state index contributed by atoms with van der Waals surface area (Å²) in [5.74, 6) is 1.02. The minimum atomic E-state index is -3.01. The zero-order chi connectivity index (χ0) is 15.7. The highest BCUT2D eigenvalue weighted by Crippen LogP contribution is 2.23. The lowest BCUT2D eigenvalue weighted by Crippen LogP contribution is -2.58. The summed E-state index contributed by atoms with van der Waals surface area (Å²) in [6.45, 7) is 6.63. The SMILES string of the molecule is CN=C(NCC1CCCN1C)N1CCS(=O)(=O)C(C)(C)C1. The number of nitrogens with one attached hydrogen (secondary N) is 1. The van der Waals surface area contributed by atoms with Gasteiger partial charge in [-0.3, -0.25) is 4.99 Å². The number of rotatable bonds is 2. The van der Waals surface area contributed by atoms with Crippen LogP contribution in [0, 0.1) is 0 Å². The lowest BCUT2D eigenvalue weighted by atomic mass is 10.2. The first-order valence-electron chi connectivity index (χ1n) is 7.65. The van der Waals surface area contributed by atoms with E-state index in [1.165, 1.54) is 12.8 Å². The molecule has 2 fully saturated rings. The van der Waals surface area contributed by atoms with Crippen molar-refractivity contribution in [1.29, 1.82) is 0 Å². The first-order valence-corrected chi connectivity index (χ1v) is 9.30. The van der Waals surface area contributed by atoms with Gasteiger partial charge in [0.15, 0.2) is 15.8 Å². The Morgan fingerprint density at radius 2 is 2.10 bits per heavy atom. The minimum Gasteiger partial charge on any atom is -0.355 e. The molecule has 2 heterocycles. The average molecular weight is 316 g/mol. The maximum Gasteiger partial charge on any atom is 0.193 e. The summed E-state index contributed by atoms with van der Waals surface area (Å²) in [5, 5.41) is 3.42. The van der Waals surface area contributed by atoms with E-state index in [2.05, 4.69) is 27.2 Å². The Hall–Kier alpha value is -0.820. The van der Waals surface area contributed by atoms with E-state index in [0.29, 0.717) is 19.1 Å². The molecule has 0 spiro atoms. The van der Waals surface area contributed by atoms with Crippen LogP contribution in [0.25, 0.3) is 0 Å². The fourth-order valence-corrected chi connectivity index (χ4v) is 4.47. The molecule has 7 heteroatoms. The number of guanidine groups is 1. The molecule has 0 radical (unpaired) electrons. The van der Waals surface area contributed by atoms with Crippen LogP contribution in [0.2, 0.25) is 0 Å². The van der Waals surface area contributed by atoms with Gasteiger partial charge in [-0.25, -0.2) is 8.42 Å². The molecule has 0 saturated carbocycles. The lowest BCUT2D eigenvalue weighted by molar-refractivity contribution is 0.301. The van der Waals surface area contributed by atoms with E-state index in [0.717, 1.165) is 19.0 Å². The van der Waals surface area contributed by atoms with Crippen LogP contribution < -0.4 is 5.32 Å². The maximum absolute atomic E-state index is 12.1. The average Bonchev–Trinajstić information content (AvgIpc) is 2.80. The first-order chi connectivity index (χ1) is 9.77. The molecule has 0 amide bonds. The summed E-state index contributed by atoms with van der Waals surface area (Å²) in [7, 11) is 0.904. The number of likely N-dealkylation sites (N-methyl/N-ethyl adjacent to an activating group) is 1. The van der Waals surface area contributed by atoms with Gasteiger partial charge in [0.05, 0.1) is 10.5 Å². The molecule has 21 heavy (non-hydrogen) atoms. The van der Waals surface area contributed by atoms with Crippen molar-refractivity contribution in [2.75, 3.05) is 46.0 Å². The van der Waals surface area contributed by atoms with E-state index >= 15 is 0 Å². The molecular formula is C14H28N4O2S. The summed E-state index contributed by atoms with van der Waals surface area (Å²) < 4.78 is 23.4. The summed E-state index contributed by atoms with van der Waals surface area (Å²) in [6, 6.07) is 0.545.